The summed E-state index contributed by atoms with van der Waals surface area (Å²) in [5.41, 5.74) is 0.732. The number of benzene rings is 2. The minimum atomic E-state index is -1.10. The lowest BCUT2D eigenvalue weighted by molar-refractivity contribution is 0.103. The van der Waals surface area contributed by atoms with Crippen molar-refractivity contribution in [1.82, 2.24) is 0 Å². The summed E-state index contributed by atoms with van der Waals surface area (Å²) < 4.78 is 27.0. The topological polar surface area (TPSA) is 17.1 Å². The highest BCUT2D eigenvalue weighted by Crippen LogP contribution is 2.28. The molecule has 0 heterocycles. The Morgan fingerprint density at radius 3 is 2.15 bits per heavy atom. The highest BCUT2D eigenvalue weighted by atomic mass is 19.2. The molecule has 20 heavy (non-hydrogen) atoms. The Labute approximate surface area is 117 Å². The fraction of sp³-hybridized carbons (Fsp3) is 0.235. The van der Waals surface area contributed by atoms with Gasteiger partial charge in [0.2, 0.25) is 0 Å². The Balaban J connectivity index is 2.58. The second-order valence-corrected chi connectivity index (χ2v) is 5.73. The molecule has 0 N–H and O–H groups in total. The fourth-order valence-corrected chi connectivity index (χ4v) is 2.16. The molecule has 3 heteroatoms. The van der Waals surface area contributed by atoms with Crippen LogP contribution in [0.3, 0.4) is 0 Å². The SMILES string of the molecule is CC(C)(C)c1ccccc1C(=O)c1cccc(F)c1F. The summed E-state index contributed by atoms with van der Waals surface area (Å²) in [6.07, 6.45) is 0. The summed E-state index contributed by atoms with van der Waals surface area (Å²) in [5, 5.41) is 0. The molecule has 0 atom stereocenters. The normalized spacial score (nSPS) is 11.4. The number of halogens is 2. The first-order chi connectivity index (χ1) is 9.32. The number of carbonyl (C=O) groups is 1. The summed E-state index contributed by atoms with van der Waals surface area (Å²) in [7, 11) is 0. The van der Waals surface area contributed by atoms with Crippen LogP contribution in [0.4, 0.5) is 8.78 Å². The van der Waals surface area contributed by atoms with Crippen molar-refractivity contribution in [2.24, 2.45) is 0 Å². The van der Waals surface area contributed by atoms with Crippen LogP contribution in [0.15, 0.2) is 42.5 Å². The van der Waals surface area contributed by atoms with Gasteiger partial charge in [-0.15, -0.1) is 0 Å². The second-order valence-electron chi connectivity index (χ2n) is 5.73. The Bertz CT molecular complexity index is 654. The van der Waals surface area contributed by atoms with Crippen LogP contribution in [-0.2, 0) is 5.41 Å². The predicted octanol–water partition coefficient (Wildman–Crippen LogP) is 4.49. The van der Waals surface area contributed by atoms with E-state index in [1.54, 1.807) is 12.1 Å². The molecule has 2 aromatic rings. The molecule has 0 unspecified atom stereocenters. The van der Waals surface area contributed by atoms with Crippen LogP contribution in [0.5, 0.6) is 0 Å². The summed E-state index contributed by atoms with van der Waals surface area (Å²) >= 11 is 0. The van der Waals surface area contributed by atoms with Gasteiger partial charge in [-0.25, -0.2) is 8.78 Å². The number of rotatable bonds is 2. The van der Waals surface area contributed by atoms with E-state index < -0.39 is 17.4 Å². The van der Waals surface area contributed by atoms with Gasteiger partial charge < -0.3 is 0 Å². The first-order valence-corrected chi connectivity index (χ1v) is 6.40. The third kappa shape index (κ3) is 2.62. The van der Waals surface area contributed by atoms with Gasteiger partial charge in [0.15, 0.2) is 17.4 Å². The Morgan fingerprint density at radius 1 is 0.900 bits per heavy atom. The van der Waals surface area contributed by atoms with Crippen molar-refractivity contribution in [3.63, 3.8) is 0 Å². The van der Waals surface area contributed by atoms with Crippen LogP contribution in [0.25, 0.3) is 0 Å². The molecule has 0 spiro atoms. The molecule has 1 nitrogen and oxygen atoms in total. The van der Waals surface area contributed by atoms with E-state index in [2.05, 4.69) is 0 Å². The first-order valence-electron chi connectivity index (χ1n) is 6.40. The summed E-state index contributed by atoms with van der Waals surface area (Å²) in [4.78, 5) is 12.5. The zero-order valence-corrected chi connectivity index (χ0v) is 11.7. The second kappa shape index (κ2) is 5.16. The van der Waals surface area contributed by atoms with E-state index in [-0.39, 0.29) is 11.0 Å². The lowest BCUT2D eigenvalue weighted by atomic mass is 9.82. The van der Waals surface area contributed by atoms with Crippen LogP contribution >= 0.6 is 0 Å². The molecule has 0 saturated heterocycles. The molecular formula is C17H16F2O. The van der Waals surface area contributed by atoms with Crippen LogP contribution in [0.2, 0.25) is 0 Å². The Hall–Kier alpha value is -2.03. The van der Waals surface area contributed by atoms with Crippen molar-refractivity contribution in [2.75, 3.05) is 0 Å². The lowest BCUT2D eigenvalue weighted by Gasteiger charge is -2.22. The molecule has 0 amide bonds. The van der Waals surface area contributed by atoms with E-state index in [4.69, 9.17) is 0 Å². The van der Waals surface area contributed by atoms with Crippen LogP contribution < -0.4 is 0 Å². The predicted molar refractivity (Wildman–Crippen MR) is 74.9 cm³/mol. The van der Waals surface area contributed by atoms with E-state index in [1.165, 1.54) is 12.1 Å². The number of carbonyl (C=O) groups excluding carboxylic acids is 1. The molecule has 0 aliphatic carbocycles. The summed E-state index contributed by atoms with van der Waals surface area (Å²) in [5.74, 6) is -2.60. The minimum Gasteiger partial charge on any atom is -0.288 e. The van der Waals surface area contributed by atoms with Gasteiger partial charge in [-0.1, -0.05) is 51.1 Å². The van der Waals surface area contributed by atoms with E-state index in [0.29, 0.717) is 5.56 Å². The molecular weight excluding hydrogens is 258 g/mol. The molecule has 0 aliphatic heterocycles. The molecule has 0 saturated carbocycles. The standard InChI is InChI=1S/C17H16F2O/c1-17(2,3)13-9-5-4-7-11(13)16(20)12-8-6-10-14(18)15(12)19/h4-10H,1-3H3. The summed E-state index contributed by atoms with van der Waals surface area (Å²) in [6, 6.07) is 10.7. The van der Waals surface area contributed by atoms with Gasteiger partial charge in [-0.05, 0) is 23.1 Å². The van der Waals surface area contributed by atoms with Gasteiger partial charge in [-0.2, -0.15) is 0 Å². The molecule has 0 radical (unpaired) electrons. The smallest absolute Gasteiger partial charge is 0.196 e. The maximum atomic E-state index is 13.8. The largest absolute Gasteiger partial charge is 0.288 e. The molecule has 0 fully saturated rings. The number of ketones is 1. The van der Waals surface area contributed by atoms with E-state index in [1.807, 2.05) is 32.9 Å². The van der Waals surface area contributed by atoms with Crippen molar-refractivity contribution < 1.29 is 13.6 Å². The van der Waals surface area contributed by atoms with E-state index >= 15 is 0 Å². The van der Waals surface area contributed by atoms with Gasteiger partial charge in [0.25, 0.3) is 0 Å². The minimum absolute atomic E-state index is 0.235. The van der Waals surface area contributed by atoms with Crippen molar-refractivity contribution in [2.45, 2.75) is 26.2 Å². The average Bonchev–Trinajstić information content (AvgIpc) is 2.40. The molecule has 0 bridgehead atoms. The molecule has 0 aliphatic rings. The molecule has 104 valence electrons. The Morgan fingerprint density at radius 2 is 1.50 bits per heavy atom. The average molecular weight is 274 g/mol. The van der Waals surface area contributed by atoms with Crippen molar-refractivity contribution in [3.05, 3.63) is 70.8 Å². The number of hydrogen-bond acceptors (Lipinski definition) is 1. The van der Waals surface area contributed by atoms with Gasteiger partial charge in [0, 0.05) is 5.56 Å². The Kier molecular flexibility index (Phi) is 3.71. The van der Waals surface area contributed by atoms with Crippen molar-refractivity contribution in [1.29, 1.82) is 0 Å². The van der Waals surface area contributed by atoms with Gasteiger partial charge in [0.05, 0.1) is 5.56 Å². The van der Waals surface area contributed by atoms with Crippen molar-refractivity contribution >= 4 is 5.78 Å². The highest BCUT2D eigenvalue weighted by molar-refractivity contribution is 6.10. The van der Waals surface area contributed by atoms with Gasteiger partial charge >= 0.3 is 0 Å². The van der Waals surface area contributed by atoms with Crippen LogP contribution in [0.1, 0.15) is 42.3 Å². The third-order valence-corrected chi connectivity index (χ3v) is 3.18. The van der Waals surface area contributed by atoms with Crippen molar-refractivity contribution in [3.8, 4) is 0 Å². The third-order valence-electron chi connectivity index (χ3n) is 3.18. The molecule has 2 rings (SSSR count). The zero-order chi connectivity index (χ0) is 14.9. The maximum absolute atomic E-state index is 13.8. The fourth-order valence-electron chi connectivity index (χ4n) is 2.16. The lowest BCUT2D eigenvalue weighted by Crippen LogP contribution is -2.18. The molecule has 0 aromatic heterocycles. The molecule has 2 aromatic carbocycles. The maximum Gasteiger partial charge on any atom is 0.196 e. The van der Waals surface area contributed by atoms with Crippen LogP contribution in [-0.4, -0.2) is 5.78 Å². The monoisotopic (exact) mass is 274 g/mol. The quantitative estimate of drug-likeness (QED) is 0.737. The van der Waals surface area contributed by atoms with E-state index in [9.17, 15) is 13.6 Å². The first kappa shape index (κ1) is 14.4. The van der Waals surface area contributed by atoms with E-state index in [0.717, 1.165) is 11.6 Å². The summed E-state index contributed by atoms with van der Waals surface area (Å²) in [6.45, 7) is 5.92. The number of hydrogen-bond donors (Lipinski definition) is 0. The van der Waals surface area contributed by atoms with Gasteiger partial charge in [-0.3, -0.25) is 4.79 Å². The van der Waals surface area contributed by atoms with Gasteiger partial charge in [0.1, 0.15) is 0 Å². The van der Waals surface area contributed by atoms with Crippen LogP contribution in [0, 0.1) is 11.6 Å². The zero-order valence-electron chi connectivity index (χ0n) is 11.7. The highest BCUT2D eigenvalue weighted by Gasteiger charge is 2.24.